The van der Waals surface area contributed by atoms with Gasteiger partial charge in [-0.3, -0.25) is 25.0 Å². The summed E-state index contributed by atoms with van der Waals surface area (Å²) in [7, 11) is 0. The topological polar surface area (TPSA) is 155 Å². The van der Waals surface area contributed by atoms with Crippen molar-refractivity contribution in [1.29, 1.82) is 5.26 Å². The van der Waals surface area contributed by atoms with Crippen LogP contribution in [0.3, 0.4) is 0 Å². The van der Waals surface area contributed by atoms with Crippen LogP contribution in [0.5, 0.6) is 0 Å². The third kappa shape index (κ3) is 12.7. The molecule has 0 aliphatic carbocycles. The summed E-state index contributed by atoms with van der Waals surface area (Å²) >= 11 is 6.27. The Kier molecular flexibility index (Phi) is 14.5. The average molecular weight is 630 g/mol. The molecular formula is C27H35ClF3N7O5. The summed E-state index contributed by atoms with van der Waals surface area (Å²) < 4.78 is 37.1. The van der Waals surface area contributed by atoms with Gasteiger partial charge in [0.05, 0.1) is 26.0 Å². The number of carbonyl (C=O) groups is 2. The summed E-state index contributed by atoms with van der Waals surface area (Å²) in [6, 6.07) is 9.48. The second kappa shape index (κ2) is 17.5. The number of nitrogens with one attached hydrogen (secondary N) is 1. The van der Waals surface area contributed by atoms with Gasteiger partial charge in [0.2, 0.25) is 5.82 Å². The maximum absolute atomic E-state index is 13.0. The molecule has 3 N–H and O–H groups in total. The monoisotopic (exact) mass is 629 g/mol. The number of hydrogen-bond donors (Lipinski definition) is 3. The highest BCUT2D eigenvalue weighted by molar-refractivity contribution is 6.32. The minimum Gasteiger partial charge on any atom is -0.475 e. The van der Waals surface area contributed by atoms with E-state index in [2.05, 4.69) is 25.2 Å². The number of halogens is 4. The molecule has 12 nitrogen and oxygen atoms in total. The van der Waals surface area contributed by atoms with Crippen molar-refractivity contribution in [2.24, 2.45) is 5.92 Å². The first-order chi connectivity index (χ1) is 20.3. The first-order valence-electron chi connectivity index (χ1n) is 13.4. The lowest BCUT2D eigenvalue weighted by Crippen LogP contribution is -2.46. The molecule has 0 spiro atoms. The molecule has 1 amide bonds. The second-order valence-electron chi connectivity index (χ2n) is 9.88. The Hall–Kier alpha value is -3.55. The van der Waals surface area contributed by atoms with Gasteiger partial charge in [-0.1, -0.05) is 37.6 Å². The second-order valence-corrected chi connectivity index (χ2v) is 10.3. The predicted molar refractivity (Wildman–Crippen MR) is 151 cm³/mol. The molecule has 0 atom stereocenters. The first kappa shape index (κ1) is 35.6. The summed E-state index contributed by atoms with van der Waals surface area (Å²) in [6.45, 7) is 11.2. The highest BCUT2D eigenvalue weighted by Crippen LogP contribution is 2.22. The Morgan fingerprint density at radius 3 is 2.30 bits per heavy atom. The molecular weight excluding hydrogens is 595 g/mol. The fourth-order valence-corrected chi connectivity index (χ4v) is 4.08. The van der Waals surface area contributed by atoms with E-state index < -0.39 is 12.1 Å². The number of hydrazine groups is 1. The number of piperazine rings is 1. The van der Waals surface area contributed by atoms with Gasteiger partial charge >= 0.3 is 12.1 Å². The Bertz CT molecular complexity index is 1220. The number of alkyl halides is 3. The molecule has 0 bridgehead atoms. The molecule has 2 heterocycles. The fourth-order valence-electron chi connectivity index (χ4n) is 3.89. The molecule has 0 saturated carbocycles. The molecule has 236 valence electrons. The lowest BCUT2D eigenvalue weighted by Gasteiger charge is -2.34. The number of nitrogens with zero attached hydrogens (tertiary/aromatic N) is 6. The van der Waals surface area contributed by atoms with Crippen LogP contribution < -0.4 is 10.4 Å². The maximum Gasteiger partial charge on any atom is 0.490 e. The summed E-state index contributed by atoms with van der Waals surface area (Å²) in [5.74, 6) is -2.56. The van der Waals surface area contributed by atoms with Gasteiger partial charge in [0.1, 0.15) is 11.1 Å². The number of anilines is 1. The Labute approximate surface area is 252 Å². The normalized spacial score (nSPS) is 14.0. The molecule has 43 heavy (non-hydrogen) atoms. The standard InChI is InChI=1S/C25H34ClN7O3.C2HF3O2/c1-19(2)17-33(24-22(26)16-28-23(15-27)29-24)30-25(35)21-5-3-20(4-6-21)18-32-9-7-31(8-10-32)11-13-36-14-12-34;3-2(4,5)1(6)7/h3-6,16,19,34H,7-14,17-18H2,1-2H3,(H,30,35);(H,6,7). The molecule has 3 rings (SSSR count). The Morgan fingerprint density at radius 1 is 1.16 bits per heavy atom. The number of nitriles is 1. The lowest BCUT2D eigenvalue weighted by molar-refractivity contribution is -0.192. The van der Waals surface area contributed by atoms with Crippen molar-refractivity contribution >= 4 is 29.3 Å². The zero-order valence-corrected chi connectivity index (χ0v) is 24.6. The largest absolute Gasteiger partial charge is 0.490 e. The fraction of sp³-hybridized carbons (Fsp3) is 0.519. The quantitative estimate of drug-likeness (QED) is 0.234. The third-order valence-electron chi connectivity index (χ3n) is 5.98. The molecule has 1 aromatic heterocycles. The van der Waals surface area contributed by atoms with Gasteiger partial charge in [0.15, 0.2) is 5.82 Å². The van der Waals surface area contributed by atoms with Gasteiger partial charge < -0.3 is 14.9 Å². The van der Waals surface area contributed by atoms with E-state index in [-0.39, 0.29) is 29.3 Å². The van der Waals surface area contributed by atoms with Crippen molar-refractivity contribution in [3.05, 3.63) is 52.4 Å². The number of hydrogen-bond acceptors (Lipinski definition) is 10. The van der Waals surface area contributed by atoms with Crippen LogP contribution in [0.15, 0.2) is 30.5 Å². The summed E-state index contributed by atoms with van der Waals surface area (Å²) in [5, 5.41) is 26.9. The molecule has 1 fully saturated rings. The highest BCUT2D eigenvalue weighted by Gasteiger charge is 2.38. The highest BCUT2D eigenvalue weighted by atomic mass is 35.5. The molecule has 16 heteroatoms. The van der Waals surface area contributed by atoms with E-state index in [0.29, 0.717) is 31.1 Å². The third-order valence-corrected chi connectivity index (χ3v) is 6.25. The average Bonchev–Trinajstić information content (AvgIpc) is 2.96. The number of rotatable bonds is 12. The first-order valence-corrected chi connectivity index (χ1v) is 13.7. The minimum atomic E-state index is -5.08. The summed E-state index contributed by atoms with van der Waals surface area (Å²) in [4.78, 5) is 34.7. The van der Waals surface area contributed by atoms with E-state index in [1.807, 2.05) is 44.2 Å². The number of aliphatic hydroxyl groups excluding tert-OH is 1. The Balaban J connectivity index is 0.000000821. The van der Waals surface area contributed by atoms with Crippen LogP contribution in [0, 0.1) is 17.2 Å². The molecule has 1 aromatic carbocycles. The van der Waals surface area contributed by atoms with E-state index in [1.165, 1.54) is 6.20 Å². The number of benzene rings is 1. The van der Waals surface area contributed by atoms with Crippen molar-refractivity contribution in [2.45, 2.75) is 26.6 Å². The van der Waals surface area contributed by atoms with Crippen LogP contribution >= 0.6 is 11.6 Å². The number of aliphatic carboxylic acids is 1. The van der Waals surface area contributed by atoms with Crippen molar-refractivity contribution in [3.63, 3.8) is 0 Å². The number of aliphatic hydroxyl groups is 1. The number of carbonyl (C=O) groups excluding carboxylic acids is 1. The van der Waals surface area contributed by atoms with Gasteiger partial charge in [0, 0.05) is 51.4 Å². The van der Waals surface area contributed by atoms with Crippen LogP contribution in [-0.2, 0) is 16.1 Å². The van der Waals surface area contributed by atoms with Crippen LogP contribution in [0.25, 0.3) is 0 Å². The molecule has 2 aromatic rings. The summed E-state index contributed by atoms with van der Waals surface area (Å²) in [5.41, 5.74) is 4.53. The maximum atomic E-state index is 13.0. The zero-order chi connectivity index (χ0) is 32.0. The van der Waals surface area contributed by atoms with Gasteiger partial charge in [-0.25, -0.2) is 9.78 Å². The van der Waals surface area contributed by atoms with E-state index in [1.54, 1.807) is 5.01 Å². The van der Waals surface area contributed by atoms with E-state index in [9.17, 15) is 18.0 Å². The van der Waals surface area contributed by atoms with E-state index >= 15 is 0 Å². The zero-order valence-electron chi connectivity index (χ0n) is 23.8. The van der Waals surface area contributed by atoms with E-state index in [0.717, 1.165) is 44.8 Å². The molecule has 0 radical (unpaired) electrons. The van der Waals surface area contributed by atoms with Crippen molar-refractivity contribution in [3.8, 4) is 6.07 Å². The predicted octanol–water partition coefficient (Wildman–Crippen LogP) is 2.57. The van der Waals surface area contributed by atoms with Crippen molar-refractivity contribution in [2.75, 3.05) is 64.1 Å². The molecule has 1 aliphatic rings. The van der Waals surface area contributed by atoms with Gasteiger partial charge in [0.25, 0.3) is 5.91 Å². The van der Waals surface area contributed by atoms with E-state index in [4.69, 9.17) is 36.6 Å². The van der Waals surface area contributed by atoms with Crippen LogP contribution in [0.2, 0.25) is 5.02 Å². The van der Waals surface area contributed by atoms with Crippen molar-refractivity contribution < 1.29 is 37.7 Å². The lowest BCUT2D eigenvalue weighted by atomic mass is 10.1. The Morgan fingerprint density at radius 2 is 1.77 bits per heavy atom. The molecule has 1 saturated heterocycles. The minimum absolute atomic E-state index is 0.0161. The van der Waals surface area contributed by atoms with Gasteiger partial charge in [-0.15, -0.1) is 0 Å². The van der Waals surface area contributed by atoms with Crippen LogP contribution in [-0.4, -0.2) is 107 Å². The SMILES string of the molecule is CC(C)CN(NC(=O)c1ccc(CN2CCN(CCOCCO)CC2)cc1)c1nc(C#N)ncc1Cl.O=C(O)C(F)(F)F. The van der Waals surface area contributed by atoms with Gasteiger partial charge in [-0.05, 0) is 23.6 Å². The van der Waals surface area contributed by atoms with Crippen molar-refractivity contribution in [1.82, 2.24) is 25.2 Å². The number of carboxylic acids is 1. The van der Waals surface area contributed by atoms with Crippen LogP contribution in [0.4, 0.5) is 19.0 Å². The number of carboxylic acid groups (broad SMARTS) is 1. The van der Waals surface area contributed by atoms with Gasteiger partial charge in [-0.2, -0.15) is 23.4 Å². The number of ether oxygens (including phenoxy) is 1. The van der Waals surface area contributed by atoms with Crippen LogP contribution in [0.1, 0.15) is 35.6 Å². The molecule has 1 aliphatic heterocycles. The number of aromatic nitrogens is 2. The smallest absolute Gasteiger partial charge is 0.475 e. The molecule has 0 unspecified atom stereocenters. The summed E-state index contributed by atoms with van der Waals surface area (Å²) in [6.07, 6.45) is -3.72. The number of amides is 1.